The summed E-state index contributed by atoms with van der Waals surface area (Å²) in [6, 6.07) is 16.1. The van der Waals surface area contributed by atoms with Gasteiger partial charge in [0, 0.05) is 22.2 Å². The zero-order valence-corrected chi connectivity index (χ0v) is 20.8. The fourth-order valence-electron chi connectivity index (χ4n) is 4.40. The molecule has 196 valence electrons. The summed E-state index contributed by atoms with van der Waals surface area (Å²) in [4.78, 5) is 11.2. The number of carbonyl (C=O) groups is 1. The highest BCUT2D eigenvalue weighted by Gasteiger charge is 2.31. The largest absolute Gasteiger partial charge is 0.573 e. The highest BCUT2D eigenvalue weighted by Crippen LogP contribution is 2.37. The van der Waals surface area contributed by atoms with Gasteiger partial charge in [-0.15, -0.1) is 13.2 Å². The molecule has 0 fully saturated rings. The van der Waals surface area contributed by atoms with Crippen LogP contribution in [0.5, 0.6) is 11.5 Å². The number of hydrogen-bond donors (Lipinski definition) is 1. The van der Waals surface area contributed by atoms with Gasteiger partial charge >= 0.3 is 12.3 Å². The Balaban J connectivity index is 1.65. The summed E-state index contributed by atoms with van der Waals surface area (Å²) >= 11 is 6.08. The number of carboxylic acid groups (broad SMARTS) is 1. The normalized spacial score (nSPS) is 12.7. The van der Waals surface area contributed by atoms with Crippen LogP contribution in [-0.2, 0) is 11.2 Å². The Labute approximate surface area is 218 Å². The molecule has 3 aromatic carbocycles. The molecule has 5 rings (SSSR count). The molecule has 1 atom stereocenters. The number of nitrogens with zero attached hydrogens (tertiary/aromatic N) is 2. The van der Waals surface area contributed by atoms with Crippen molar-refractivity contribution in [2.24, 2.45) is 0 Å². The van der Waals surface area contributed by atoms with Gasteiger partial charge in [-0.05, 0) is 73.9 Å². The quantitative estimate of drug-likeness (QED) is 0.236. The van der Waals surface area contributed by atoms with Crippen molar-refractivity contribution in [3.8, 4) is 17.3 Å². The molecule has 1 N–H and O–H groups in total. The standard InChI is InChI=1S/C27H20ClF3N2O5/c1-14-21(11-16-4-3-5-18(10-16)36-15(2)26(34)35)22-13-19(37-27(29,30)31)7-9-23(22)33(14)25-20-8-6-17(28)12-24(20)38-32-25/h3-10,12-13,15H,11H2,1-2H3,(H,34,35). The van der Waals surface area contributed by atoms with E-state index in [0.29, 0.717) is 44.9 Å². The van der Waals surface area contributed by atoms with Crippen molar-refractivity contribution in [3.63, 3.8) is 0 Å². The molecule has 2 heterocycles. The van der Waals surface area contributed by atoms with Gasteiger partial charge in [-0.2, -0.15) is 0 Å². The van der Waals surface area contributed by atoms with Crippen LogP contribution in [-0.4, -0.2) is 33.3 Å². The summed E-state index contributed by atoms with van der Waals surface area (Å²) in [7, 11) is 0. The third kappa shape index (κ3) is 4.99. The number of hydrogen-bond acceptors (Lipinski definition) is 5. The molecule has 0 amide bonds. The van der Waals surface area contributed by atoms with E-state index in [1.807, 2.05) is 17.6 Å². The van der Waals surface area contributed by atoms with Crippen LogP contribution in [0.3, 0.4) is 0 Å². The monoisotopic (exact) mass is 544 g/mol. The van der Waals surface area contributed by atoms with E-state index >= 15 is 0 Å². The first-order valence-electron chi connectivity index (χ1n) is 11.4. The summed E-state index contributed by atoms with van der Waals surface area (Å²) in [6.07, 6.45) is -5.59. The average Bonchev–Trinajstić information content (AvgIpc) is 3.36. The number of benzene rings is 3. The van der Waals surface area contributed by atoms with E-state index < -0.39 is 18.4 Å². The number of halogens is 4. The first-order chi connectivity index (χ1) is 18.0. The number of aromatic nitrogens is 2. The summed E-state index contributed by atoms with van der Waals surface area (Å²) in [5.74, 6) is -0.637. The van der Waals surface area contributed by atoms with E-state index in [-0.39, 0.29) is 5.75 Å². The Hall–Kier alpha value is -4.18. The molecule has 0 aliphatic heterocycles. The fourth-order valence-corrected chi connectivity index (χ4v) is 4.56. The highest BCUT2D eigenvalue weighted by molar-refractivity contribution is 6.31. The molecule has 0 radical (unpaired) electrons. The van der Waals surface area contributed by atoms with E-state index in [9.17, 15) is 18.0 Å². The van der Waals surface area contributed by atoms with E-state index in [4.69, 9.17) is 26.0 Å². The maximum Gasteiger partial charge on any atom is 0.573 e. The molecule has 0 saturated carbocycles. The maximum atomic E-state index is 13.0. The third-order valence-corrected chi connectivity index (χ3v) is 6.34. The van der Waals surface area contributed by atoms with Crippen LogP contribution in [0.1, 0.15) is 23.7 Å². The molecule has 1 unspecified atom stereocenters. The molecular formula is C27H20ClF3N2O5. The van der Waals surface area contributed by atoms with Crippen LogP contribution in [0.2, 0.25) is 5.02 Å². The van der Waals surface area contributed by atoms with E-state index in [2.05, 4.69) is 9.89 Å². The second-order valence-corrected chi connectivity index (χ2v) is 9.13. The minimum Gasteiger partial charge on any atom is -0.479 e. The lowest BCUT2D eigenvalue weighted by Crippen LogP contribution is -2.22. The summed E-state index contributed by atoms with van der Waals surface area (Å²) in [6.45, 7) is 3.26. The Morgan fingerprint density at radius 3 is 2.63 bits per heavy atom. The molecule has 2 aromatic heterocycles. The molecule has 0 aliphatic rings. The van der Waals surface area contributed by atoms with Gasteiger partial charge in [0.25, 0.3) is 0 Å². The van der Waals surface area contributed by atoms with Crippen molar-refractivity contribution in [2.45, 2.75) is 32.7 Å². The number of alkyl halides is 3. The van der Waals surface area contributed by atoms with Crippen LogP contribution in [0.15, 0.2) is 65.2 Å². The van der Waals surface area contributed by atoms with Crippen molar-refractivity contribution in [1.82, 2.24) is 9.72 Å². The topological polar surface area (TPSA) is 86.7 Å². The van der Waals surface area contributed by atoms with E-state index in [0.717, 1.165) is 16.8 Å². The molecule has 0 bridgehead atoms. The van der Waals surface area contributed by atoms with Gasteiger partial charge in [-0.3, -0.25) is 4.57 Å². The fraction of sp³-hybridized carbons (Fsp3) is 0.185. The second-order valence-electron chi connectivity index (χ2n) is 8.70. The molecule has 38 heavy (non-hydrogen) atoms. The van der Waals surface area contributed by atoms with Gasteiger partial charge in [0.05, 0.1) is 10.9 Å². The lowest BCUT2D eigenvalue weighted by Gasteiger charge is -2.12. The van der Waals surface area contributed by atoms with Crippen LogP contribution >= 0.6 is 11.6 Å². The Morgan fingerprint density at radius 1 is 1.11 bits per heavy atom. The van der Waals surface area contributed by atoms with Gasteiger partial charge in [-0.1, -0.05) is 28.9 Å². The van der Waals surface area contributed by atoms with E-state index in [1.54, 1.807) is 36.4 Å². The SMILES string of the molecule is Cc1c(Cc2cccc(OC(C)C(=O)O)c2)c2cc(OC(F)(F)F)ccc2n1-c1noc2cc(Cl)ccc12. The second kappa shape index (κ2) is 9.60. The smallest absolute Gasteiger partial charge is 0.479 e. The van der Waals surface area contributed by atoms with E-state index in [1.165, 1.54) is 25.1 Å². The minimum absolute atomic E-state index is 0.311. The predicted octanol–water partition coefficient (Wildman–Crippen LogP) is 7.07. The molecule has 11 heteroatoms. The van der Waals surface area contributed by atoms with Gasteiger partial charge in [0.1, 0.15) is 11.5 Å². The highest BCUT2D eigenvalue weighted by atomic mass is 35.5. The van der Waals surface area contributed by atoms with Crippen LogP contribution in [0.4, 0.5) is 13.2 Å². The number of carboxylic acids is 1. The van der Waals surface area contributed by atoms with Gasteiger partial charge in [-0.25, -0.2) is 4.79 Å². The Bertz CT molecular complexity index is 1680. The minimum atomic E-state index is -4.85. The lowest BCUT2D eigenvalue weighted by atomic mass is 10.0. The summed E-state index contributed by atoms with van der Waals surface area (Å²) in [5, 5.41) is 15.1. The van der Waals surface area contributed by atoms with Crippen LogP contribution in [0.25, 0.3) is 27.7 Å². The molecule has 5 aromatic rings. The average molecular weight is 545 g/mol. The van der Waals surface area contributed by atoms with Crippen molar-refractivity contribution in [3.05, 3.63) is 82.5 Å². The molecule has 0 aliphatic carbocycles. The maximum absolute atomic E-state index is 13.0. The Morgan fingerprint density at radius 2 is 1.89 bits per heavy atom. The van der Waals surface area contributed by atoms with Crippen LogP contribution in [0, 0.1) is 6.92 Å². The van der Waals surface area contributed by atoms with Gasteiger partial charge in [0.2, 0.25) is 0 Å². The summed E-state index contributed by atoms with van der Waals surface area (Å²) < 4.78 is 56.0. The number of ether oxygens (including phenoxy) is 2. The van der Waals surface area contributed by atoms with Crippen molar-refractivity contribution in [1.29, 1.82) is 0 Å². The Kier molecular flexibility index (Phi) is 6.44. The number of rotatable bonds is 7. The lowest BCUT2D eigenvalue weighted by molar-refractivity contribution is -0.274. The van der Waals surface area contributed by atoms with Gasteiger partial charge < -0.3 is 19.1 Å². The van der Waals surface area contributed by atoms with Crippen molar-refractivity contribution < 1.29 is 37.1 Å². The zero-order valence-electron chi connectivity index (χ0n) is 20.0. The summed E-state index contributed by atoms with van der Waals surface area (Å²) in [5.41, 5.74) is 3.27. The number of fused-ring (bicyclic) bond motifs is 2. The third-order valence-electron chi connectivity index (χ3n) is 6.11. The molecule has 7 nitrogen and oxygen atoms in total. The molecular weight excluding hydrogens is 525 g/mol. The first-order valence-corrected chi connectivity index (χ1v) is 11.8. The first kappa shape index (κ1) is 25.5. The predicted molar refractivity (Wildman–Crippen MR) is 134 cm³/mol. The van der Waals surface area contributed by atoms with Gasteiger partial charge in [0.15, 0.2) is 17.5 Å². The molecule has 0 spiro atoms. The zero-order chi connectivity index (χ0) is 27.2. The van der Waals surface area contributed by atoms with Crippen molar-refractivity contribution >= 4 is 39.4 Å². The molecule has 0 saturated heterocycles. The van der Waals surface area contributed by atoms with Crippen molar-refractivity contribution in [2.75, 3.05) is 0 Å². The number of aliphatic carboxylic acids is 1. The van der Waals surface area contributed by atoms with Crippen LogP contribution < -0.4 is 9.47 Å².